The summed E-state index contributed by atoms with van der Waals surface area (Å²) < 4.78 is 1.17. The Morgan fingerprint density at radius 3 is 2.59 bits per heavy atom. The fraction of sp³-hybridized carbons (Fsp3) is 0.375. The molecule has 0 atom stereocenters. The quantitative estimate of drug-likeness (QED) is 0.821. The molecule has 4 nitrogen and oxygen atoms in total. The number of piperazine rings is 1. The van der Waals surface area contributed by atoms with Crippen molar-refractivity contribution in [1.82, 2.24) is 14.8 Å². The van der Waals surface area contributed by atoms with E-state index in [0.29, 0.717) is 5.56 Å². The van der Waals surface area contributed by atoms with E-state index >= 15 is 0 Å². The number of thiophene rings is 1. The van der Waals surface area contributed by atoms with Crippen molar-refractivity contribution in [3.63, 3.8) is 0 Å². The molecule has 1 amide bonds. The van der Waals surface area contributed by atoms with Crippen LogP contribution in [-0.2, 0) is 6.54 Å². The largest absolute Gasteiger partial charge is 0.336 e. The minimum Gasteiger partial charge on any atom is -0.336 e. The average Bonchev–Trinajstić information content (AvgIpc) is 2.93. The number of amides is 1. The number of pyridine rings is 1. The predicted molar refractivity (Wildman–Crippen MR) is 92.2 cm³/mol. The predicted octanol–water partition coefficient (Wildman–Crippen LogP) is 3.17. The van der Waals surface area contributed by atoms with Gasteiger partial charge in [0, 0.05) is 49.5 Å². The molecule has 1 fully saturated rings. The molecule has 116 valence electrons. The third-order valence-electron chi connectivity index (χ3n) is 3.83. The lowest BCUT2D eigenvalue weighted by molar-refractivity contribution is 0.0629. The van der Waals surface area contributed by atoms with Crippen LogP contribution in [0.15, 0.2) is 34.2 Å². The standard InChI is InChI=1S/C16H18BrN3OS/c1-12-2-3-13(10-18-12)16(21)20-8-6-19(7-9-20)11-14-4-5-15(17)22-14/h2-5,10H,6-9,11H2,1H3. The van der Waals surface area contributed by atoms with E-state index in [2.05, 4.69) is 37.9 Å². The van der Waals surface area contributed by atoms with Crippen LogP contribution < -0.4 is 0 Å². The van der Waals surface area contributed by atoms with Crippen LogP contribution >= 0.6 is 27.3 Å². The van der Waals surface area contributed by atoms with E-state index in [1.807, 2.05) is 24.0 Å². The number of carbonyl (C=O) groups excluding carboxylic acids is 1. The van der Waals surface area contributed by atoms with Crippen LogP contribution in [0.3, 0.4) is 0 Å². The summed E-state index contributed by atoms with van der Waals surface area (Å²) in [5, 5.41) is 0. The van der Waals surface area contributed by atoms with Crippen LogP contribution in [0.4, 0.5) is 0 Å². The van der Waals surface area contributed by atoms with Crippen LogP contribution in [-0.4, -0.2) is 46.9 Å². The van der Waals surface area contributed by atoms with E-state index in [4.69, 9.17) is 0 Å². The normalized spacial score (nSPS) is 16.0. The summed E-state index contributed by atoms with van der Waals surface area (Å²) in [6, 6.07) is 7.99. The monoisotopic (exact) mass is 379 g/mol. The van der Waals surface area contributed by atoms with Gasteiger partial charge in [0.25, 0.3) is 5.91 Å². The maximum Gasteiger partial charge on any atom is 0.255 e. The molecule has 1 saturated heterocycles. The summed E-state index contributed by atoms with van der Waals surface area (Å²) in [4.78, 5) is 22.3. The second-order valence-corrected chi connectivity index (χ2v) is 8.01. The molecule has 0 N–H and O–H groups in total. The number of nitrogens with zero attached hydrogens (tertiary/aromatic N) is 3. The van der Waals surface area contributed by atoms with Gasteiger partial charge in [-0.2, -0.15) is 0 Å². The van der Waals surface area contributed by atoms with Crippen molar-refractivity contribution in [2.75, 3.05) is 26.2 Å². The summed E-state index contributed by atoms with van der Waals surface area (Å²) >= 11 is 5.27. The number of halogens is 1. The van der Waals surface area contributed by atoms with Crippen molar-refractivity contribution in [3.05, 3.63) is 50.4 Å². The third-order valence-corrected chi connectivity index (χ3v) is 5.43. The fourth-order valence-corrected chi connectivity index (χ4v) is 4.07. The van der Waals surface area contributed by atoms with E-state index in [-0.39, 0.29) is 5.91 Å². The number of aromatic nitrogens is 1. The molecule has 0 aliphatic carbocycles. The average molecular weight is 380 g/mol. The number of aryl methyl sites for hydroxylation is 1. The molecule has 0 unspecified atom stereocenters. The second-order valence-electron chi connectivity index (χ2n) is 5.46. The van der Waals surface area contributed by atoms with Gasteiger partial charge < -0.3 is 4.90 Å². The van der Waals surface area contributed by atoms with Gasteiger partial charge in [0.1, 0.15) is 0 Å². The molecule has 3 rings (SSSR count). The van der Waals surface area contributed by atoms with Crippen molar-refractivity contribution in [2.24, 2.45) is 0 Å². The number of hydrogen-bond acceptors (Lipinski definition) is 4. The highest BCUT2D eigenvalue weighted by Crippen LogP contribution is 2.23. The van der Waals surface area contributed by atoms with Crippen molar-refractivity contribution < 1.29 is 4.79 Å². The van der Waals surface area contributed by atoms with Gasteiger partial charge in [0.2, 0.25) is 0 Å². The lowest BCUT2D eigenvalue weighted by atomic mass is 10.2. The van der Waals surface area contributed by atoms with E-state index < -0.39 is 0 Å². The smallest absolute Gasteiger partial charge is 0.255 e. The first-order valence-electron chi connectivity index (χ1n) is 7.30. The summed E-state index contributed by atoms with van der Waals surface area (Å²) in [5.41, 5.74) is 1.62. The Bertz CT molecular complexity index is 648. The lowest BCUT2D eigenvalue weighted by Gasteiger charge is -2.34. The molecule has 1 aliphatic rings. The Balaban J connectivity index is 1.55. The molecule has 0 bridgehead atoms. The first-order chi connectivity index (χ1) is 10.6. The SMILES string of the molecule is Cc1ccc(C(=O)N2CCN(Cc3ccc(Br)s3)CC2)cn1. The molecule has 2 aromatic rings. The Morgan fingerprint density at radius 2 is 2.00 bits per heavy atom. The number of hydrogen-bond donors (Lipinski definition) is 0. The minimum atomic E-state index is 0.0889. The molecular weight excluding hydrogens is 362 g/mol. The van der Waals surface area contributed by atoms with Crippen LogP contribution in [0.25, 0.3) is 0 Å². The third kappa shape index (κ3) is 3.74. The van der Waals surface area contributed by atoms with Crippen molar-refractivity contribution in [2.45, 2.75) is 13.5 Å². The Morgan fingerprint density at radius 1 is 1.23 bits per heavy atom. The van der Waals surface area contributed by atoms with Gasteiger partial charge in [-0.3, -0.25) is 14.7 Å². The summed E-state index contributed by atoms with van der Waals surface area (Å²) in [6.45, 7) is 6.28. The second kappa shape index (κ2) is 6.89. The molecule has 0 spiro atoms. The number of carbonyl (C=O) groups is 1. The lowest BCUT2D eigenvalue weighted by Crippen LogP contribution is -2.48. The van der Waals surface area contributed by atoms with Gasteiger partial charge in [-0.05, 0) is 47.1 Å². The maximum atomic E-state index is 12.4. The highest BCUT2D eigenvalue weighted by molar-refractivity contribution is 9.11. The zero-order valence-electron chi connectivity index (χ0n) is 12.5. The zero-order valence-corrected chi connectivity index (χ0v) is 14.9. The van der Waals surface area contributed by atoms with Gasteiger partial charge in [-0.25, -0.2) is 0 Å². The number of rotatable bonds is 3. The van der Waals surface area contributed by atoms with Gasteiger partial charge >= 0.3 is 0 Å². The molecular formula is C16H18BrN3OS. The molecule has 3 heterocycles. The summed E-state index contributed by atoms with van der Waals surface area (Å²) in [7, 11) is 0. The molecule has 6 heteroatoms. The molecule has 0 radical (unpaired) electrons. The van der Waals surface area contributed by atoms with Gasteiger partial charge in [0.05, 0.1) is 9.35 Å². The summed E-state index contributed by atoms with van der Waals surface area (Å²) in [6.07, 6.45) is 1.67. The topological polar surface area (TPSA) is 36.4 Å². The van der Waals surface area contributed by atoms with E-state index in [9.17, 15) is 4.79 Å². The van der Waals surface area contributed by atoms with Crippen molar-refractivity contribution in [1.29, 1.82) is 0 Å². The Hall–Kier alpha value is -1.24. The van der Waals surface area contributed by atoms with Gasteiger partial charge in [0.15, 0.2) is 0 Å². The van der Waals surface area contributed by atoms with Crippen LogP contribution in [0.2, 0.25) is 0 Å². The van der Waals surface area contributed by atoms with E-state index in [1.54, 1.807) is 17.5 Å². The van der Waals surface area contributed by atoms with E-state index in [0.717, 1.165) is 38.4 Å². The van der Waals surface area contributed by atoms with Crippen molar-refractivity contribution in [3.8, 4) is 0 Å². The highest BCUT2D eigenvalue weighted by atomic mass is 79.9. The van der Waals surface area contributed by atoms with Crippen molar-refractivity contribution >= 4 is 33.2 Å². The van der Waals surface area contributed by atoms with Crippen LogP contribution in [0.1, 0.15) is 20.9 Å². The highest BCUT2D eigenvalue weighted by Gasteiger charge is 2.22. The molecule has 0 saturated carbocycles. The molecule has 1 aliphatic heterocycles. The maximum absolute atomic E-state index is 12.4. The Kier molecular flexibility index (Phi) is 4.90. The molecule has 22 heavy (non-hydrogen) atoms. The Labute approximate surface area is 142 Å². The van der Waals surface area contributed by atoms with Crippen LogP contribution in [0.5, 0.6) is 0 Å². The molecule has 0 aromatic carbocycles. The first kappa shape index (κ1) is 15.6. The minimum absolute atomic E-state index is 0.0889. The molecule has 2 aromatic heterocycles. The fourth-order valence-electron chi connectivity index (χ4n) is 2.54. The van der Waals surface area contributed by atoms with Gasteiger partial charge in [-0.1, -0.05) is 0 Å². The van der Waals surface area contributed by atoms with Crippen LogP contribution in [0, 0.1) is 6.92 Å². The zero-order chi connectivity index (χ0) is 15.5. The first-order valence-corrected chi connectivity index (χ1v) is 8.91. The van der Waals surface area contributed by atoms with Gasteiger partial charge in [-0.15, -0.1) is 11.3 Å². The summed E-state index contributed by atoms with van der Waals surface area (Å²) in [5.74, 6) is 0.0889. The van der Waals surface area contributed by atoms with E-state index in [1.165, 1.54) is 8.66 Å².